The van der Waals surface area contributed by atoms with Crippen LogP contribution in [0.4, 0.5) is 11.5 Å². The molecule has 7 nitrogen and oxygen atoms in total. The number of nitrogens with one attached hydrogen (secondary N) is 2. The Labute approximate surface area is 148 Å². The number of thiophene rings is 1. The molecule has 3 aromatic rings. The molecule has 0 fully saturated rings. The van der Waals surface area contributed by atoms with Crippen molar-refractivity contribution in [1.82, 2.24) is 9.78 Å². The van der Waals surface area contributed by atoms with Crippen LogP contribution in [0.15, 0.2) is 47.8 Å². The number of rotatable bonds is 5. The number of amides is 2. The van der Waals surface area contributed by atoms with Crippen LogP contribution in [-0.4, -0.2) is 28.7 Å². The van der Waals surface area contributed by atoms with E-state index in [1.54, 1.807) is 50.6 Å². The highest BCUT2D eigenvalue weighted by atomic mass is 32.1. The van der Waals surface area contributed by atoms with Crippen molar-refractivity contribution in [3.8, 4) is 5.75 Å². The van der Waals surface area contributed by atoms with E-state index in [0.717, 1.165) is 0 Å². The lowest BCUT2D eigenvalue weighted by molar-refractivity contribution is 0.101. The second-order valence-corrected chi connectivity index (χ2v) is 6.10. The van der Waals surface area contributed by atoms with E-state index < -0.39 is 0 Å². The van der Waals surface area contributed by atoms with Crippen LogP contribution in [-0.2, 0) is 7.05 Å². The second-order valence-electron chi connectivity index (χ2n) is 5.16. The predicted molar refractivity (Wildman–Crippen MR) is 96.4 cm³/mol. The Hall–Kier alpha value is -3.13. The zero-order valence-corrected chi connectivity index (χ0v) is 14.5. The van der Waals surface area contributed by atoms with Crippen molar-refractivity contribution in [2.45, 2.75) is 0 Å². The predicted octanol–water partition coefficient (Wildman–Crippen LogP) is 2.99. The van der Waals surface area contributed by atoms with Crippen molar-refractivity contribution >= 4 is 34.7 Å². The zero-order valence-electron chi connectivity index (χ0n) is 13.6. The van der Waals surface area contributed by atoms with Gasteiger partial charge in [0.25, 0.3) is 11.8 Å². The van der Waals surface area contributed by atoms with E-state index in [1.165, 1.54) is 22.1 Å². The minimum Gasteiger partial charge on any atom is -0.497 e. The molecule has 0 spiro atoms. The number of aryl methyl sites for hydroxylation is 1. The van der Waals surface area contributed by atoms with Crippen LogP contribution in [0, 0.1) is 0 Å². The molecule has 0 saturated carbocycles. The van der Waals surface area contributed by atoms with Gasteiger partial charge in [0.1, 0.15) is 11.6 Å². The largest absolute Gasteiger partial charge is 0.497 e. The van der Waals surface area contributed by atoms with Crippen molar-refractivity contribution in [2.24, 2.45) is 7.05 Å². The first kappa shape index (κ1) is 16.7. The lowest BCUT2D eigenvalue weighted by Crippen LogP contribution is -2.13. The van der Waals surface area contributed by atoms with Crippen LogP contribution in [0.1, 0.15) is 20.2 Å². The first-order valence-corrected chi connectivity index (χ1v) is 8.29. The quantitative estimate of drug-likeness (QED) is 0.736. The van der Waals surface area contributed by atoms with Gasteiger partial charge in [-0.3, -0.25) is 14.3 Å². The van der Waals surface area contributed by atoms with E-state index in [-0.39, 0.29) is 17.5 Å². The lowest BCUT2D eigenvalue weighted by Gasteiger charge is -2.05. The monoisotopic (exact) mass is 356 g/mol. The summed E-state index contributed by atoms with van der Waals surface area (Å²) in [6.45, 7) is 0. The number of hydrogen-bond donors (Lipinski definition) is 2. The SMILES string of the molecule is COc1cccc(NC(=O)c2cc(NC(=O)c3cccs3)n(C)n2)c1. The van der Waals surface area contributed by atoms with Crippen LogP contribution < -0.4 is 15.4 Å². The van der Waals surface area contributed by atoms with Crippen molar-refractivity contribution in [1.29, 1.82) is 0 Å². The molecule has 2 aromatic heterocycles. The summed E-state index contributed by atoms with van der Waals surface area (Å²) in [5.74, 6) is 0.468. The minimum absolute atomic E-state index is 0.201. The molecule has 0 saturated heterocycles. The smallest absolute Gasteiger partial charge is 0.276 e. The number of carbonyl (C=O) groups excluding carboxylic acids is 2. The second kappa shape index (κ2) is 7.18. The molecule has 0 aliphatic carbocycles. The number of ether oxygens (including phenoxy) is 1. The molecule has 0 bridgehead atoms. The molecule has 1 aromatic carbocycles. The lowest BCUT2D eigenvalue weighted by atomic mass is 10.3. The van der Waals surface area contributed by atoms with Crippen molar-refractivity contribution in [2.75, 3.05) is 17.7 Å². The van der Waals surface area contributed by atoms with Gasteiger partial charge in [-0.25, -0.2) is 0 Å². The highest BCUT2D eigenvalue weighted by molar-refractivity contribution is 7.12. The molecule has 25 heavy (non-hydrogen) atoms. The molecule has 2 heterocycles. The van der Waals surface area contributed by atoms with E-state index >= 15 is 0 Å². The van der Waals surface area contributed by atoms with Crippen LogP contribution in [0.2, 0.25) is 0 Å². The molecule has 2 N–H and O–H groups in total. The maximum atomic E-state index is 12.4. The number of anilines is 2. The maximum Gasteiger partial charge on any atom is 0.276 e. The molecule has 8 heteroatoms. The van der Waals surface area contributed by atoms with Gasteiger partial charge < -0.3 is 15.4 Å². The van der Waals surface area contributed by atoms with Gasteiger partial charge in [0.05, 0.1) is 12.0 Å². The van der Waals surface area contributed by atoms with Gasteiger partial charge in [-0.2, -0.15) is 5.10 Å². The average Bonchev–Trinajstić information content (AvgIpc) is 3.26. The van der Waals surface area contributed by atoms with E-state index in [9.17, 15) is 9.59 Å². The number of methoxy groups -OCH3 is 1. The van der Waals surface area contributed by atoms with Crippen LogP contribution in [0.5, 0.6) is 5.75 Å². The Balaban J connectivity index is 1.72. The topological polar surface area (TPSA) is 85.3 Å². The first-order valence-electron chi connectivity index (χ1n) is 7.41. The van der Waals surface area contributed by atoms with Crippen molar-refractivity contribution in [3.05, 3.63) is 58.4 Å². The molecule has 128 valence electrons. The van der Waals surface area contributed by atoms with E-state index in [2.05, 4.69) is 15.7 Å². The average molecular weight is 356 g/mol. The maximum absolute atomic E-state index is 12.4. The number of carbonyl (C=O) groups is 2. The Morgan fingerprint density at radius 2 is 1.96 bits per heavy atom. The molecule has 0 atom stereocenters. The van der Waals surface area contributed by atoms with E-state index in [4.69, 9.17) is 4.74 Å². The third-order valence-electron chi connectivity index (χ3n) is 3.43. The van der Waals surface area contributed by atoms with E-state index in [1.807, 2.05) is 5.38 Å². The Morgan fingerprint density at radius 3 is 2.68 bits per heavy atom. The summed E-state index contributed by atoms with van der Waals surface area (Å²) >= 11 is 1.34. The fraction of sp³-hybridized carbons (Fsp3) is 0.118. The number of nitrogens with zero attached hydrogens (tertiary/aromatic N) is 2. The molecule has 0 aliphatic heterocycles. The summed E-state index contributed by atoms with van der Waals surface area (Å²) in [6, 6.07) is 12.1. The molecule has 0 aliphatic rings. The fourth-order valence-electron chi connectivity index (χ4n) is 2.18. The molecule has 0 radical (unpaired) electrons. The van der Waals surface area contributed by atoms with E-state index in [0.29, 0.717) is 22.1 Å². The fourth-order valence-corrected chi connectivity index (χ4v) is 2.80. The van der Waals surface area contributed by atoms with Crippen molar-refractivity contribution in [3.63, 3.8) is 0 Å². The number of hydrogen-bond acceptors (Lipinski definition) is 5. The third kappa shape index (κ3) is 3.86. The van der Waals surface area contributed by atoms with Gasteiger partial charge in [0.2, 0.25) is 0 Å². The van der Waals surface area contributed by atoms with Gasteiger partial charge in [-0.15, -0.1) is 11.3 Å². The molecular formula is C17H16N4O3S. The Kier molecular flexibility index (Phi) is 4.80. The molecule has 3 rings (SSSR count). The summed E-state index contributed by atoms with van der Waals surface area (Å²) < 4.78 is 6.58. The van der Waals surface area contributed by atoms with Crippen LogP contribution >= 0.6 is 11.3 Å². The Morgan fingerprint density at radius 1 is 1.12 bits per heavy atom. The first-order chi connectivity index (χ1) is 12.1. The Bertz CT molecular complexity index is 903. The van der Waals surface area contributed by atoms with Gasteiger partial charge in [0.15, 0.2) is 5.69 Å². The summed E-state index contributed by atoms with van der Waals surface area (Å²) in [5.41, 5.74) is 0.797. The highest BCUT2D eigenvalue weighted by Crippen LogP contribution is 2.18. The van der Waals surface area contributed by atoms with Gasteiger partial charge in [-0.1, -0.05) is 12.1 Å². The third-order valence-corrected chi connectivity index (χ3v) is 4.30. The van der Waals surface area contributed by atoms with Crippen LogP contribution in [0.25, 0.3) is 0 Å². The highest BCUT2D eigenvalue weighted by Gasteiger charge is 2.16. The van der Waals surface area contributed by atoms with Crippen molar-refractivity contribution < 1.29 is 14.3 Å². The zero-order chi connectivity index (χ0) is 17.8. The van der Waals surface area contributed by atoms with Gasteiger partial charge >= 0.3 is 0 Å². The summed E-state index contributed by atoms with van der Waals surface area (Å²) in [4.78, 5) is 25.1. The number of benzene rings is 1. The van der Waals surface area contributed by atoms with Gasteiger partial charge in [0, 0.05) is 24.9 Å². The summed E-state index contributed by atoms with van der Waals surface area (Å²) in [7, 11) is 3.22. The summed E-state index contributed by atoms with van der Waals surface area (Å²) in [6.07, 6.45) is 0. The number of aromatic nitrogens is 2. The minimum atomic E-state index is -0.375. The molecular weight excluding hydrogens is 340 g/mol. The molecule has 0 unspecified atom stereocenters. The standard InChI is InChI=1S/C17H16N4O3S/c1-21-15(19-17(23)14-7-4-8-25-14)10-13(20-21)16(22)18-11-5-3-6-12(9-11)24-2/h3-10H,1-2H3,(H,18,22)(H,19,23). The van der Waals surface area contributed by atoms with Gasteiger partial charge in [-0.05, 0) is 23.6 Å². The summed E-state index contributed by atoms with van der Waals surface area (Å²) in [5, 5.41) is 11.5. The van der Waals surface area contributed by atoms with Crippen LogP contribution in [0.3, 0.4) is 0 Å². The normalized spacial score (nSPS) is 10.3. The molecule has 2 amide bonds.